The van der Waals surface area contributed by atoms with Crippen LogP contribution in [0.25, 0.3) is 10.8 Å². The van der Waals surface area contributed by atoms with Crippen molar-refractivity contribution < 1.29 is 15.0 Å². The van der Waals surface area contributed by atoms with Gasteiger partial charge in [-0.05, 0) is 25.1 Å². The average molecular weight is 306 g/mol. The van der Waals surface area contributed by atoms with E-state index >= 15 is 0 Å². The first-order valence-corrected chi connectivity index (χ1v) is 7.02. The lowest BCUT2D eigenvalue weighted by atomic mass is 10.0. The van der Waals surface area contributed by atoms with E-state index in [0.717, 1.165) is 5.56 Å². The zero-order valence-corrected chi connectivity index (χ0v) is 12.4. The van der Waals surface area contributed by atoms with Crippen molar-refractivity contribution in [2.75, 3.05) is 0 Å². The fraction of sp³-hybridized carbons (Fsp3) is 0.0556. The van der Waals surface area contributed by atoms with Crippen molar-refractivity contribution >= 4 is 28.1 Å². The van der Waals surface area contributed by atoms with E-state index in [4.69, 9.17) is 0 Å². The number of aromatic hydroxyl groups is 1. The number of phenols is 1. The van der Waals surface area contributed by atoms with E-state index in [0.29, 0.717) is 22.1 Å². The van der Waals surface area contributed by atoms with Gasteiger partial charge in [0.15, 0.2) is 0 Å². The Morgan fingerprint density at radius 2 is 1.61 bits per heavy atom. The topological polar surface area (TPSA) is 82.2 Å². The van der Waals surface area contributed by atoms with Gasteiger partial charge in [0, 0.05) is 10.8 Å². The predicted octanol–water partition coefficient (Wildman–Crippen LogP) is 4.97. The first-order valence-electron chi connectivity index (χ1n) is 7.02. The Labute approximate surface area is 132 Å². The van der Waals surface area contributed by atoms with Gasteiger partial charge in [-0.1, -0.05) is 42.0 Å². The number of carbonyl (C=O) groups is 1. The highest BCUT2D eigenvalue weighted by molar-refractivity contribution is 6.05. The van der Waals surface area contributed by atoms with Crippen molar-refractivity contribution in [2.45, 2.75) is 6.92 Å². The Bertz CT molecular complexity index is 915. The second-order valence-corrected chi connectivity index (χ2v) is 5.18. The summed E-state index contributed by atoms with van der Waals surface area (Å²) in [5.74, 6) is -1.47. The highest BCUT2D eigenvalue weighted by Crippen LogP contribution is 2.36. The number of fused-ring (bicyclic) bond motifs is 1. The molecule has 5 nitrogen and oxygen atoms in total. The Hall–Kier alpha value is -3.21. The molecule has 0 aromatic heterocycles. The summed E-state index contributed by atoms with van der Waals surface area (Å²) in [5, 5.41) is 28.7. The summed E-state index contributed by atoms with van der Waals surface area (Å²) in [6, 6.07) is 15.8. The minimum absolute atomic E-state index is 0.193. The van der Waals surface area contributed by atoms with Crippen LogP contribution in [0.15, 0.2) is 64.8 Å². The third-order valence-electron chi connectivity index (χ3n) is 3.53. The maximum absolute atomic E-state index is 11.3. The Balaban J connectivity index is 2.14. The van der Waals surface area contributed by atoms with E-state index in [9.17, 15) is 15.0 Å². The van der Waals surface area contributed by atoms with Crippen molar-refractivity contribution in [3.8, 4) is 5.75 Å². The average Bonchev–Trinajstić information content (AvgIpc) is 2.55. The van der Waals surface area contributed by atoms with Gasteiger partial charge >= 0.3 is 5.97 Å². The Morgan fingerprint density at radius 3 is 2.26 bits per heavy atom. The highest BCUT2D eigenvalue weighted by atomic mass is 16.4. The SMILES string of the molecule is Cc1ccc(N=Nc2cc(C(=O)O)c(O)c3ccccc23)cc1. The quantitative estimate of drug-likeness (QED) is 0.670. The molecule has 3 aromatic carbocycles. The van der Waals surface area contributed by atoms with Gasteiger partial charge in [0.1, 0.15) is 11.3 Å². The zero-order valence-electron chi connectivity index (χ0n) is 12.4. The third-order valence-corrected chi connectivity index (χ3v) is 3.53. The highest BCUT2D eigenvalue weighted by Gasteiger charge is 2.16. The van der Waals surface area contributed by atoms with Crippen molar-refractivity contribution in [3.05, 3.63) is 65.7 Å². The normalized spacial score (nSPS) is 11.2. The van der Waals surface area contributed by atoms with Crippen LogP contribution in [0.5, 0.6) is 5.75 Å². The molecule has 0 saturated carbocycles. The van der Waals surface area contributed by atoms with Crippen molar-refractivity contribution in [1.82, 2.24) is 0 Å². The molecule has 0 atom stereocenters. The number of benzene rings is 3. The van der Waals surface area contributed by atoms with E-state index in [1.54, 1.807) is 24.3 Å². The monoisotopic (exact) mass is 306 g/mol. The molecule has 5 heteroatoms. The second-order valence-electron chi connectivity index (χ2n) is 5.18. The molecule has 0 spiro atoms. The fourth-order valence-corrected chi connectivity index (χ4v) is 2.31. The summed E-state index contributed by atoms with van der Waals surface area (Å²) < 4.78 is 0. The Kier molecular flexibility index (Phi) is 3.76. The van der Waals surface area contributed by atoms with Crippen LogP contribution in [0.3, 0.4) is 0 Å². The molecule has 0 aliphatic carbocycles. The number of aromatic carboxylic acids is 1. The molecule has 2 N–H and O–H groups in total. The van der Waals surface area contributed by atoms with Crippen molar-refractivity contribution in [2.24, 2.45) is 10.2 Å². The van der Waals surface area contributed by atoms with Crippen LogP contribution in [0.2, 0.25) is 0 Å². The summed E-state index contributed by atoms with van der Waals surface area (Å²) in [4.78, 5) is 11.3. The first-order chi connectivity index (χ1) is 11.1. The van der Waals surface area contributed by atoms with Gasteiger partial charge in [0.05, 0.1) is 11.4 Å². The van der Waals surface area contributed by atoms with Gasteiger partial charge in [-0.2, -0.15) is 5.11 Å². The Morgan fingerprint density at radius 1 is 0.957 bits per heavy atom. The number of carboxylic acids is 1. The van der Waals surface area contributed by atoms with E-state index in [-0.39, 0.29) is 11.3 Å². The van der Waals surface area contributed by atoms with Crippen LogP contribution < -0.4 is 0 Å². The van der Waals surface area contributed by atoms with Gasteiger partial charge in [-0.3, -0.25) is 0 Å². The fourth-order valence-electron chi connectivity index (χ4n) is 2.31. The van der Waals surface area contributed by atoms with Crippen LogP contribution in [0.4, 0.5) is 11.4 Å². The molecule has 0 fully saturated rings. The molecular weight excluding hydrogens is 292 g/mol. The van der Waals surface area contributed by atoms with Crippen LogP contribution in [0, 0.1) is 6.92 Å². The summed E-state index contributed by atoms with van der Waals surface area (Å²) >= 11 is 0. The number of hydrogen-bond donors (Lipinski definition) is 2. The lowest BCUT2D eigenvalue weighted by molar-refractivity contribution is 0.0694. The van der Waals surface area contributed by atoms with Crippen LogP contribution in [0.1, 0.15) is 15.9 Å². The second kappa shape index (κ2) is 5.88. The third kappa shape index (κ3) is 2.89. The molecular formula is C18H14N2O3. The maximum atomic E-state index is 11.3. The van der Waals surface area contributed by atoms with Gasteiger partial charge in [0.25, 0.3) is 0 Å². The van der Waals surface area contributed by atoms with Gasteiger partial charge in [-0.15, -0.1) is 5.11 Å². The molecule has 0 bridgehead atoms. The van der Waals surface area contributed by atoms with Gasteiger partial charge < -0.3 is 10.2 Å². The summed E-state index contributed by atoms with van der Waals surface area (Å²) in [7, 11) is 0. The molecule has 0 unspecified atom stereocenters. The number of aryl methyl sites for hydroxylation is 1. The molecule has 0 radical (unpaired) electrons. The summed E-state index contributed by atoms with van der Waals surface area (Å²) in [6.45, 7) is 1.98. The molecule has 0 heterocycles. The van der Waals surface area contributed by atoms with Gasteiger partial charge in [-0.25, -0.2) is 4.79 Å². The summed E-state index contributed by atoms with van der Waals surface area (Å²) in [6.07, 6.45) is 0. The smallest absolute Gasteiger partial charge is 0.339 e. The van der Waals surface area contributed by atoms with Gasteiger partial charge in [0.2, 0.25) is 0 Å². The molecule has 23 heavy (non-hydrogen) atoms. The standard InChI is InChI=1S/C18H14N2O3/c1-11-6-8-12(9-7-11)19-20-16-10-15(18(22)23)17(21)14-5-3-2-4-13(14)16/h2-10,21H,1H3,(H,22,23). The number of hydrogen-bond acceptors (Lipinski definition) is 4. The molecule has 0 aliphatic heterocycles. The minimum atomic E-state index is -1.21. The van der Waals surface area contributed by atoms with E-state index in [2.05, 4.69) is 10.2 Å². The predicted molar refractivity (Wildman–Crippen MR) is 87.9 cm³/mol. The number of carboxylic acid groups (broad SMARTS) is 1. The summed E-state index contributed by atoms with van der Waals surface area (Å²) in [5.41, 5.74) is 2.00. The van der Waals surface area contributed by atoms with E-state index < -0.39 is 5.97 Å². The molecule has 0 amide bonds. The minimum Gasteiger partial charge on any atom is -0.506 e. The molecule has 0 aliphatic rings. The van der Waals surface area contributed by atoms with Crippen LogP contribution >= 0.6 is 0 Å². The molecule has 3 rings (SSSR count). The lowest BCUT2D eigenvalue weighted by Crippen LogP contribution is -1.97. The van der Waals surface area contributed by atoms with Crippen molar-refractivity contribution in [1.29, 1.82) is 0 Å². The number of rotatable bonds is 3. The molecule has 0 saturated heterocycles. The van der Waals surface area contributed by atoms with E-state index in [1.165, 1.54) is 6.07 Å². The zero-order chi connectivity index (χ0) is 16.4. The van der Waals surface area contributed by atoms with Crippen LogP contribution in [-0.4, -0.2) is 16.2 Å². The number of azo groups is 1. The first kappa shape index (κ1) is 14.7. The van der Waals surface area contributed by atoms with E-state index in [1.807, 2.05) is 31.2 Å². The largest absolute Gasteiger partial charge is 0.506 e. The molecule has 3 aromatic rings. The molecule has 114 valence electrons. The maximum Gasteiger partial charge on any atom is 0.339 e. The van der Waals surface area contributed by atoms with Crippen LogP contribution in [-0.2, 0) is 0 Å². The lowest BCUT2D eigenvalue weighted by Gasteiger charge is -2.07. The number of nitrogens with zero attached hydrogens (tertiary/aromatic N) is 2. The van der Waals surface area contributed by atoms with Crippen molar-refractivity contribution in [3.63, 3.8) is 0 Å².